The molecule has 0 radical (unpaired) electrons. The largest absolute Gasteiger partial charge is 0.378 e. The third-order valence-electron chi connectivity index (χ3n) is 2.79. The molecule has 0 amide bonds. The molecule has 0 fully saturated rings. The molecule has 0 saturated carbocycles. The van der Waals surface area contributed by atoms with Crippen molar-refractivity contribution in [3.05, 3.63) is 43.7 Å². The lowest BCUT2D eigenvalue weighted by molar-refractivity contribution is 0.181. The van der Waals surface area contributed by atoms with Gasteiger partial charge in [-0.25, -0.2) is 9.97 Å². The second-order valence-electron chi connectivity index (χ2n) is 4.35. The molecule has 0 unspecified atom stereocenters. The van der Waals surface area contributed by atoms with Gasteiger partial charge in [0.15, 0.2) is 5.82 Å². The summed E-state index contributed by atoms with van der Waals surface area (Å²) in [5, 5.41) is 0.471. The molecule has 0 atom stereocenters. The fourth-order valence-corrected chi connectivity index (χ4v) is 2.38. The van der Waals surface area contributed by atoms with Gasteiger partial charge in [0.2, 0.25) is 0 Å². The van der Waals surface area contributed by atoms with Crippen LogP contribution in [0.5, 0.6) is 0 Å². The molecule has 0 N–H and O–H groups in total. The molecule has 5 heteroatoms. The van der Waals surface area contributed by atoms with Crippen molar-refractivity contribution in [3.8, 4) is 11.4 Å². The van der Waals surface area contributed by atoms with Crippen LogP contribution < -0.4 is 0 Å². The van der Waals surface area contributed by atoms with Gasteiger partial charge >= 0.3 is 0 Å². The normalized spacial score (nSPS) is 10.8. The van der Waals surface area contributed by atoms with E-state index in [4.69, 9.17) is 16.3 Å². The third-order valence-corrected chi connectivity index (χ3v) is 4.52. The van der Waals surface area contributed by atoms with Crippen molar-refractivity contribution in [2.75, 3.05) is 7.11 Å². The van der Waals surface area contributed by atoms with Gasteiger partial charge in [-0.3, -0.25) is 0 Å². The SMILES string of the molecule is COCc1nc(-c2cc(C)ccc2C)nc(Cl)c1I. The molecule has 100 valence electrons. The van der Waals surface area contributed by atoms with Crippen molar-refractivity contribution in [2.24, 2.45) is 0 Å². The van der Waals surface area contributed by atoms with Crippen LogP contribution in [-0.2, 0) is 11.3 Å². The van der Waals surface area contributed by atoms with E-state index in [0.29, 0.717) is 17.6 Å². The minimum absolute atomic E-state index is 0.429. The van der Waals surface area contributed by atoms with E-state index < -0.39 is 0 Å². The Morgan fingerprint density at radius 2 is 2.00 bits per heavy atom. The first-order valence-corrected chi connectivity index (χ1v) is 7.27. The van der Waals surface area contributed by atoms with Crippen LogP contribution in [0.1, 0.15) is 16.8 Å². The number of hydrogen-bond acceptors (Lipinski definition) is 3. The molecule has 1 aromatic heterocycles. The first kappa shape index (κ1) is 14.7. The van der Waals surface area contributed by atoms with E-state index in [1.807, 2.05) is 13.8 Å². The van der Waals surface area contributed by atoms with Crippen molar-refractivity contribution >= 4 is 34.2 Å². The standard InChI is InChI=1S/C14H14ClIN2O/c1-8-4-5-9(2)10(6-8)14-17-11(7-19-3)12(16)13(15)18-14/h4-6H,7H2,1-3H3. The van der Waals surface area contributed by atoms with Crippen LogP contribution in [0, 0.1) is 17.4 Å². The second kappa shape index (κ2) is 6.15. The van der Waals surface area contributed by atoms with E-state index in [2.05, 4.69) is 50.8 Å². The highest BCUT2D eigenvalue weighted by atomic mass is 127. The Labute approximate surface area is 131 Å². The zero-order chi connectivity index (χ0) is 14.0. The molecule has 19 heavy (non-hydrogen) atoms. The zero-order valence-corrected chi connectivity index (χ0v) is 13.9. The molecular weight excluding hydrogens is 375 g/mol. The van der Waals surface area contributed by atoms with Gasteiger partial charge in [-0.05, 0) is 48.1 Å². The number of nitrogens with zero attached hydrogens (tertiary/aromatic N) is 2. The van der Waals surface area contributed by atoms with Crippen molar-refractivity contribution in [1.82, 2.24) is 9.97 Å². The highest BCUT2D eigenvalue weighted by molar-refractivity contribution is 14.1. The molecule has 1 heterocycles. The maximum Gasteiger partial charge on any atom is 0.161 e. The van der Waals surface area contributed by atoms with Crippen LogP contribution >= 0.6 is 34.2 Å². The summed E-state index contributed by atoms with van der Waals surface area (Å²) in [6.07, 6.45) is 0. The molecule has 0 bridgehead atoms. The minimum atomic E-state index is 0.429. The molecule has 1 aromatic carbocycles. The molecule has 2 aromatic rings. The smallest absolute Gasteiger partial charge is 0.161 e. The Balaban J connectivity index is 2.59. The van der Waals surface area contributed by atoms with E-state index >= 15 is 0 Å². The number of ether oxygens (including phenoxy) is 1. The van der Waals surface area contributed by atoms with Gasteiger partial charge in [0, 0.05) is 12.7 Å². The fraction of sp³-hybridized carbons (Fsp3) is 0.286. The summed E-state index contributed by atoms with van der Waals surface area (Å²) in [5.74, 6) is 0.652. The number of aromatic nitrogens is 2. The average molecular weight is 389 g/mol. The van der Waals surface area contributed by atoms with Crippen LogP contribution in [0.4, 0.5) is 0 Å². The van der Waals surface area contributed by atoms with E-state index in [-0.39, 0.29) is 0 Å². The summed E-state index contributed by atoms with van der Waals surface area (Å²) in [6.45, 7) is 4.52. The lowest BCUT2D eigenvalue weighted by Crippen LogP contribution is -2.03. The maximum atomic E-state index is 6.18. The monoisotopic (exact) mass is 388 g/mol. The maximum absolute atomic E-state index is 6.18. The molecule has 0 spiro atoms. The number of rotatable bonds is 3. The zero-order valence-electron chi connectivity index (χ0n) is 11.0. The number of methoxy groups -OCH3 is 1. The first-order chi connectivity index (χ1) is 9.02. The van der Waals surface area contributed by atoms with Crippen LogP contribution in [0.15, 0.2) is 18.2 Å². The van der Waals surface area contributed by atoms with Crippen LogP contribution in [-0.4, -0.2) is 17.1 Å². The number of aryl methyl sites for hydroxylation is 2. The van der Waals surface area contributed by atoms with Gasteiger partial charge in [-0.15, -0.1) is 0 Å². The quantitative estimate of drug-likeness (QED) is 0.585. The van der Waals surface area contributed by atoms with Crippen LogP contribution in [0.3, 0.4) is 0 Å². The fourth-order valence-electron chi connectivity index (χ4n) is 1.79. The summed E-state index contributed by atoms with van der Waals surface area (Å²) in [5.41, 5.74) is 4.13. The first-order valence-electron chi connectivity index (χ1n) is 5.81. The van der Waals surface area contributed by atoms with E-state index in [0.717, 1.165) is 20.4 Å². The lowest BCUT2D eigenvalue weighted by atomic mass is 10.1. The highest BCUT2D eigenvalue weighted by Crippen LogP contribution is 2.26. The molecule has 0 saturated heterocycles. The summed E-state index contributed by atoms with van der Waals surface area (Å²) in [6, 6.07) is 6.21. The Hall–Kier alpha value is -0.720. The number of benzene rings is 1. The minimum Gasteiger partial charge on any atom is -0.378 e. The summed E-state index contributed by atoms with van der Waals surface area (Å²) >= 11 is 8.33. The van der Waals surface area contributed by atoms with Gasteiger partial charge in [0.25, 0.3) is 0 Å². The highest BCUT2D eigenvalue weighted by Gasteiger charge is 2.13. The predicted octanol–water partition coefficient (Wildman–Crippen LogP) is 4.16. The molecule has 0 aliphatic carbocycles. The van der Waals surface area contributed by atoms with Gasteiger partial charge in [-0.1, -0.05) is 29.3 Å². The molecule has 2 rings (SSSR count). The molecule has 0 aliphatic heterocycles. The predicted molar refractivity (Wildman–Crippen MR) is 85.4 cm³/mol. The Kier molecular flexibility index (Phi) is 4.76. The van der Waals surface area contributed by atoms with E-state index in [9.17, 15) is 0 Å². The van der Waals surface area contributed by atoms with E-state index in [1.165, 1.54) is 5.56 Å². The Morgan fingerprint density at radius 1 is 1.26 bits per heavy atom. The summed E-state index contributed by atoms with van der Waals surface area (Å²) in [4.78, 5) is 8.95. The van der Waals surface area contributed by atoms with Crippen LogP contribution in [0.25, 0.3) is 11.4 Å². The van der Waals surface area contributed by atoms with Gasteiger partial charge < -0.3 is 4.74 Å². The Morgan fingerprint density at radius 3 is 2.68 bits per heavy atom. The van der Waals surface area contributed by atoms with Crippen molar-refractivity contribution < 1.29 is 4.74 Å². The van der Waals surface area contributed by atoms with Crippen molar-refractivity contribution in [2.45, 2.75) is 20.5 Å². The molecule has 3 nitrogen and oxygen atoms in total. The van der Waals surface area contributed by atoms with Crippen molar-refractivity contribution in [1.29, 1.82) is 0 Å². The third kappa shape index (κ3) is 3.24. The topological polar surface area (TPSA) is 35.0 Å². The van der Waals surface area contributed by atoms with Crippen molar-refractivity contribution in [3.63, 3.8) is 0 Å². The van der Waals surface area contributed by atoms with Gasteiger partial charge in [0.1, 0.15) is 5.15 Å². The summed E-state index contributed by atoms with van der Waals surface area (Å²) < 4.78 is 6.00. The van der Waals surface area contributed by atoms with Gasteiger partial charge in [-0.2, -0.15) is 0 Å². The Bertz CT molecular complexity index is 617. The second-order valence-corrected chi connectivity index (χ2v) is 5.79. The van der Waals surface area contributed by atoms with E-state index in [1.54, 1.807) is 7.11 Å². The number of halogens is 2. The molecular formula is C14H14ClIN2O. The summed E-state index contributed by atoms with van der Waals surface area (Å²) in [7, 11) is 1.64. The average Bonchev–Trinajstić information content (AvgIpc) is 2.38. The lowest BCUT2D eigenvalue weighted by Gasteiger charge is -2.10. The molecule has 0 aliphatic rings. The number of hydrogen-bond donors (Lipinski definition) is 0. The van der Waals surface area contributed by atoms with Crippen LogP contribution in [0.2, 0.25) is 5.15 Å². The van der Waals surface area contributed by atoms with Gasteiger partial charge in [0.05, 0.1) is 15.9 Å².